The van der Waals surface area contributed by atoms with E-state index in [0.717, 1.165) is 23.1 Å². The number of nitrogens with one attached hydrogen (secondary N) is 1. The first-order valence-electron chi connectivity index (χ1n) is 5.04. The van der Waals surface area contributed by atoms with E-state index in [9.17, 15) is 0 Å². The van der Waals surface area contributed by atoms with Gasteiger partial charge in [0.15, 0.2) is 0 Å². The number of rotatable bonds is 4. The Hall–Kier alpha value is -0.280. The summed E-state index contributed by atoms with van der Waals surface area (Å²) in [5, 5.41) is 4.00. The lowest BCUT2D eigenvalue weighted by Crippen LogP contribution is -2.31. The van der Waals surface area contributed by atoms with Gasteiger partial charge >= 0.3 is 0 Å². The van der Waals surface area contributed by atoms with E-state index in [-0.39, 0.29) is 5.54 Å². The quantitative estimate of drug-likeness (QED) is 0.884. The summed E-state index contributed by atoms with van der Waals surface area (Å²) in [5.41, 5.74) is 0.0270. The van der Waals surface area contributed by atoms with Crippen LogP contribution in [0, 0.1) is 0 Å². The molecule has 15 heavy (non-hydrogen) atoms. The van der Waals surface area contributed by atoms with Crippen molar-refractivity contribution in [2.75, 3.05) is 5.32 Å². The summed E-state index contributed by atoms with van der Waals surface area (Å²) in [5.74, 6) is 0.748. The molecule has 1 heterocycles. The lowest BCUT2D eigenvalue weighted by Gasteiger charge is -2.26. The molecule has 0 aliphatic carbocycles. The van der Waals surface area contributed by atoms with E-state index in [1.807, 2.05) is 6.07 Å². The fourth-order valence-electron chi connectivity index (χ4n) is 1.51. The number of pyridine rings is 1. The van der Waals surface area contributed by atoms with Gasteiger partial charge < -0.3 is 5.32 Å². The highest BCUT2D eigenvalue weighted by atomic mass is 79.9. The summed E-state index contributed by atoms with van der Waals surface area (Å²) in [6, 6.07) is 1.85. The highest BCUT2D eigenvalue weighted by molar-refractivity contribution is 9.10. The number of hydrogen-bond acceptors (Lipinski definition) is 2. The van der Waals surface area contributed by atoms with Crippen LogP contribution in [-0.2, 0) is 0 Å². The minimum Gasteiger partial charge on any atom is -0.364 e. The number of anilines is 1. The third-order valence-corrected chi connectivity index (χ3v) is 2.86. The summed E-state index contributed by atoms with van der Waals surface area (Å²) in [6.07, 6.45) is 3.96. The molecule has 0 amide bonds. The molecule has 84 valence electrons. The zero-order valence-electron chi connectivity index (χ0n) is 9.27. The van der Waals surface area contributed by atoms with E-state index >= 15 is 0 Å². The van der Waals surface area contributed by atoms with Crippen LogP contribution >= 0.6 is 27.5 Å². The third kappa shape index (κ3) is 3.99. The maximum absolute atomic E-state index is 6.08. The van der Waals surface area contributed by atoms with Gasteiger partial charge in [-0.25, -0.2) is 4.98 Å². The van der Waals surface area contributed by atoms with Crippen LogP contribution in [0.15, 0.2) is 16.7 Å². The molecular weight excluding hydrogens is 275 g/mol. The maximum Gasteiger partial charge on any atom is 0.145 e. The van der Waals surface area contributed by atoms with Gasteiger partial charge in [-0.2, -0.15) is 0 Å². The van der Waals surface area contributed by atoms with Gasteiger partial charge in [-0.05, 0) is 42.3 Å². The first-order chi connectivity index (χ1) is 6.94. The molecule has 0 radical (unpaired) electrons. The lowest BCUT2D eigenvalue weighted by molar-refractivity contribution is 0.509. The average Bonchev–Trinajstić information content (AvgIpc) is 2.09. The molecule has 4 heteroatoms. The molecule has 0 bridgehead atoms. The van der Waals surface area contributed by atoms with Crippen LogP contribution in [0.2, 0.25) is 5.02 Å². The number of nitrogens with zero attached hydrogens (tertiary/aromatic N) is 1. The number of hydrogen-bond donors (Lipinski definition) is 1. The largest absolute Gasteiger partial charge is 0.364 e. The molecule has 0 fully saturated rings. The van der Waals surface area contributed by atoms with Gasteiger partial charge in [0.05, 0.1) is 5.02 Å². The van der Waals surface area contributed by atoms with Gasteiger partial charge in [0.2, 0.25) is 0 Å². The molecule has 0 unspecified atom stereocenters. The minimum atomic E-state index is 0.0270. The van der Waals surface area contributed by atoms with Crippen LogP contribution in [0.25, 0.3) is 0 Å². The maximum atomic E-state index is 6.08. The smallest absolute Gasteiger partial charge is 0.145 e. The molecule has 1 aromatic rings. The molecular formula is C11H16BrClN2. The second-order valence-electron chi connectivity index (χ2n) is 4.24. The second kappa shape index (κ2) is 5.17. The van der Waals surface area contributed by atoms with E-state index in [2.05, 4.69) is 47.0 Å². The van der Waals surface area contributed by atoms with Gasteiger partial charge in [0.25, 0.3) is 0 Å². The van der Waals surface area contributed by atoms with Crippen LogP contribution in [-0.4, -0.2) is 10.5 Å². The fourth-order valence-corrected chi connectivity index (χ4v) is 2.19. The molecule has 1 N–H and O–H groups in total. The monoisotopic (exact) mass is 290 g/mol. The molecule has 2 nitrogen and oxygen atoms in total. The highest BCUT2D eigenvalue weighted by Crippen LogP contribution is 2.26. The topological polar surface area (TPSA) is 24.9 Å². The summed E-state index contributed by atoms with van der Waals surface area (Å²) in [7, 11) is 0. The number of halogens is 2. The predicted octanol–water partition coefficient (Wildman–Crippen LogP) is 4.49. The summed E-state index contributed by atoms with van der Waals surface area (Å²) >= 11 is 9.41. The molecule has 0 saturated heterocycles. The van der Waals surface area contributed by atoms with E-state index < -0.39 is 0 Å². The standard InChI is InChI=1S/C11H16BrClN2/c1-4-5-11(2,3)15-10-9(13)6-8(12)7-14-10/h6-7H,4-5H2,1-3H3,(H,14,15). The van der Waals surface area contributed by atoms with Gasteiger partial charge in [-0.3, -0.25) is 0 Å². The van der Waals surface area contributed by atoms with Crippen LogP contribution in [0.3, 0.4) is 0 Å². The number of aromatic nitrogens is 1. The zero-order chi connectivity index (χ0) is 11.5. The van der Waals surface area contributed by atoms with Gasteiger partial charge in [-0.1, -0.05) is 24.9 Å². The Morgan fingerprint density at radius 1 is 1.53 bits per heavy atom. The Kier molecular flexibility index (Phi) is 4.41. The Labute approximate surface area is 105 Å². The van der Waals surface area contributed by atoms with E-state index in [1.54, 1.807) is 6.20 Å². The Balaban J connectivity index is 2.80. The normalized spacial score (nSPS) is 11.5. The van der Waals surface area contributed by atoms with Crippen molar-refractivity contribution >= 4 is 33.3 Å². The molecule has 0 saturated carbocycles. The summed E-state index contributed by atoms with van der Waals surface area (Å²) in [4.78, 5) is 4.26. The van der Waals surface area contributed by atoms with Crippen molar-refractivity contribution in [3.05, 3.63) is 21.8 Å². The predicted molar refractivity (Wildman–Crippen MR) is 69.6 cm³/mol. The fraction of sp³-hybridized carbons (Fsp3) is 0.545. The van der Waals surface area contributed by atoms with Crippen molar-refractivity contribution in [3.8, 4) is 0 Å². The van der Waals surface area contributed by atoms with Crippen LogP contribution in [0.4, 0.5) is 5.82 Å². The molecule has 0 spiro atoms. The molecule has 1 rings (SSSR count). The third-order valence-electron chi connectivity index (χ3n) is 2.14. The molecule has 0 aromatic carbocycles. The average molecular weight is 292 g/mol. The second-order valence-corrected chi connectivity index (χ2v) is 5.57. The van der Waals surface area contributed by atoms with E-state index in [4.69, 9.17) is 11.6 Å². The van der Waals surface area contributed by atoms with Gasteiger partial charge in [-0.15, -0.1) is 0 Å². The van der Waals surface area contributed by atoms with Crippen molar-refractivity contribution in [1.82, 2.24) is 4.98 Å². The Morgan fingerprint density at radius 2 is 2.20 bits per heavy atom. The van der Waals surface area contributed by atoms with Crippen LogP contribution < -0.4 is 5.32 Å². The van der Waals surface area contributed by atoms with Crippen molar-refractivity contribution in [3.63, 3.8) is 0 Å². The molecule has 0 aliphatic heterocycles. The van der Waals surface area contributed by atoms with Crippen LogP contribution in [0.5, 0.6) is 0 Å². The van der Waals surface area contributed by atoms with Crippen molar-refractivity contribution < 1.29 is 0 Å². The van der Waals surface area contributed by atoms with Gasteiger partial charge in [0, 0.05) is 16.2 Å². The van der Waals surface area contributed by atoms with E-state index in [0.29, 0.717) is 5.02 Å². The highest BCUT2D eigenvalue weighted by Gasteiger charge is 2.17. The first kappa shape index (κ1) is 12.8. The molecule has 0 atom stereocenters. The summed E-state index contributed by atoms with van der Waals surface area (Å²) < 4.78 is 0.895. The molecule has 0 aliphatic rings. The SMILES string of the molecule is CCCC(C)(C)Nc1ncc(Br)cc1Cl. The zero-order valence-corrected chi connectivity index (χ0v) is 11.6. The van der Waals surface area contributed by atoms with E-state index in [1.165, 1.54) is 0 Å². The first-order valence-corrected chi connectivity index (χ1v) is 6.21. The van der Waals surface area contributed by atoms with Crippen molar-refractivity contribution in [1.29, 1.82) is 0 Å². The van der Waals surface area contributed by atoms with Crippen molar-refractivity contribution in [2.45, 2.75) is 39.2 Å². The summed E-state index contributed by atoms with van der Waals surface area (Å²) in [6.45, 7) is 6.47. The van der Waals surface area contributed by atoms with Gasteiger partial charge in [0.1, 0.15) is 5.82 Å². The van der Waals surface area contributed by atoms with Crippen LogP contribution in [0.1, 0.15) is 33.6 Å². The Bertz CT molecular complexity index is 339. The molecule has 1 aromatic heterocycles. The Morgan fingerprint density at radius 3 is 2.73 bits per heavy atom. The van der Waals surface area contributed by atoms with Crippen molar-refractivity contribution in [2.24, 2.45) is 0 Å². The lowest BCUT2D eigenvalue weighted by atomic mass is 9.99. The minimum absolute atomic E-state index is 0.0270.